The van der Waals surface area contributed by atoms with Crippen molar-refractivity contribution >= 4 is 35.1 Å². The topological polar surface area (TPSA) is 106 Å². The van der Waals surface area contributed by atoms with E-state index in [1.807, 2.05) is 19.1 Å². The highest BCUT2D eigenvalue weighted by atomic mass is 32.2. The number of nitrogens with zero attached hydrogens (tertiary/aromatic N) is 3. The maximum Gasteiger partial charge on any atom is 0.234 e. The Morgan fingerprint density at radius 2 is 2.06 bits per heavy atom. The Bertz CT molecular complexity index is 956. The molecule has 3 heterocycles. The third kappa shape index (κ3) is 5.61. The Kier molecular flexibility index (Phi) is 7.31. The number of carbonyl (C=O) groups is 2. The van der Waals surface area contributed by atoms with E-state index in [4.69, 9.17) is 9.47 Å². The first kappa shape index (κ1) is 22.2. The molecule has 2 aliphatic rings. The Labute approximate surface area is 191 Å². The summed E-state index contributed by atoms with van der Waals surface area (Å²) in [4.78, 5) is 26.7. The van der Waals surface area contributed by atoms with E-state index in [2.05, 4.69) is 25.7 Å². The number of anilines is 2. The van der Waals surface area contributed by atoms with E-state index in [1.165, 1.54) is 11.8 Å². The first-order chi connectivity index (χ1) is 15.6. The van der Waals surface area contributed by atoms with Gasteiger partial charge in [0.05, 0.1) is 11.7 Å². The second-order valence-corrected chi connectivity index (χ2v) is 8.71. The van der Waals surface area contributed by atoms with E-state index in [0.717, 1.165) is 31.6 Å². The fraction of sp³-hybridized carbons (Fsp3) is 0.455. The van der Waals surface area contributed by atoms with Gasteiger partial charge in [-0.25, -0.2) is 0 Å². The van der Waals surface area contributed by atoms with Gasteiger partial charge in [0.25, 0.3) is 0 Å². The molecular weight excluding hydrogens is 430 g/mol. The van der Waals surface area contributed by atoms with Crippen LogP contribution in [-0.2, 0) is 9.59 Å². The summed E-state index contributed by atoms with van der Waals surface area (Å²) in [6, 6.07) is 9.06. The van der Waals surface area contributed by atoms with Crippen LogP contribution in [0.15, 0.2) is 35.4 Å². The maximum atomic E-state index is 12.3. The van der Waals surface area contributed by atoms with Crippen LogP contribution in [0.1, 0.15) is 26.2 Å². The van der Waals surface area contributed by atoms with Crippen LogP contribution in [0.3, 0.4) is 0 Å². The number of rotatable bonds is 8. The summed E-state index contributed by atoms with van der Waals surface area (Å²) in [6.45, 7) is 4.46. The first-order valence-corrected chi connectivity index (χ1v) is 11.8. The molecule has 0 unspecified atom stereocenters. The Morgan fingerprint density at radius 3 is 2.88 bits per heavy atom. The molecule has 1 aromatic carbocycles. The summed E-state index contributed by atoms with van der Waals surface area (Å²) >= 11 is 1.32. The number of aromatic nitrogens is 2. The smallest absolute Gasteiger partial charge is 0.234 e. The Morgan fingerprint density at radius 1 is 1.19 bits per heavy atom. The molecule has 2 aliphatic heterocycles. The second-order valence-electron chi connectivity index (χ2n) is 7.71. The molecule has 32 heavy (non-hydrogen) atoms. The van der Waals surface area contributed by atoms with Crippen molar-refractivity contribution in [2.45, 2.75) is 31.2 Å². The summed E-state index contributed by atoms with van der Waals surface area (Å²) in [5.74, 6) is 2.22. The number of piperidine rings is 1. The van der Waals surface area contributed by atoms with Crippen LogP contribution in [0.4, 0.5) is 11.5 Å². The molecule has 0 spiro atoms. The lowest BCUT2D eigenvalue weighted by atomic mass is 9.97. The minimum absolute atomic E-state index is 0.0222. The van der Waals surface area contributed by atoms with Crippen molar-refractivity contribution in [3.05, 3.63) is 30.3 Å². The zero-order valence-corrected chi connectivity index (χ0v) is 18.8. The number of ether oxygens (including phenoxy) is 2. The van der Waals surface area contributed by atoms with Crippen LogP contribution in [0.5, 0.6) is 11.5 Å². The number of benzene rings is 1. The van der Waals surface area contributed by atoms with E-state index in [9.17, 15) is 9.59 Å². The number of nitrogens with one attached hydrogen (secondary N) is 2. The van der Waals surface area contributed by atoms with Gasteiger partial charge in [-0.3, -0.25) is 9.59 Å². The highest BCUT2D eigenvalue weighted by Crippen LogP contribution is 2.34. The van der Waals surface area contributed by atoms with Gasteiger partial charge in [0.2, 0.25) is 18.6 Å². The van der Waals surface area contributed by atoms with Crippen molar-refractivity contribution in [1.82, 2.24) is 15.5 Å². The monoisotopic (exact) mass is 457 g/mol. The van der Waals surface area contributed by atoms with Gasteiger partial charge in [-0.1, -0.05) is 18.7 Å². The van der Waals surface area contributed by atoms with Crippen LogP contribution >= 0.6 is 11.8 Å². The molecule has 1 saturated heterocycles. The molecule has 2 aromatic rings. The Hall–Kier alpha value is -3.01. The summed E-state index contributed by atoms with van der Waals surface area (Å²) in [5.41, 5.74) is 0.656. The molecule has 1 atom stereocenters. The van der Waals surface area contributed by atoms with Gasteiger partial charge in [-0.05, 0) is 43.5 Å². The van der Waals surface area contributed by atoms with Crippen LogP contribution in [-0.4, -0.2) is 54.2 Å². The van der Waals surface area contributed by atoms with Gasteiger partial charge in [0.15, 0.2) is 17.3 Å². The third-order valence-corrected chi connectivity index (χ3v) is 6.22. The zero-order chi connectivity index (χ0) is 22.3. The number of hydrogen-bond donors (Lipinski definition) is 2. The van der Waals surface area contributed by atoms with Crippen LogP contribution < -0.4 is 25.0 Å². The molecule has 9 nitrogen and oxygen atoms in total. The van der Waals surface area contributed by atoms with Crippen molar-refractivity contribution in [2.24, 2.45) is 5.92 Å². The summed E-state index contributed by atoms with van der Waals surface area (Å²) < 4.78 is 10.6. The molecule has 10 heteroatoms. The van der Waals surface area contributed by atoms with Crippen molar-refractivity contribution < 1.29 is 19.1 Å². The minimum atomic E-state index is -0.142. The zero-order valence-electron chi connectivity index (χ0n) is 18.0. The van der Waals surface area contributed by atoms with Crippen molar-refractivity contribution in [3.8, 4) is 11.5 Å². The quantitative estimate of drug-likeness (QED) is 0.583. The molecule has 170 valence electrons. The van der Waals surface area contributed by atoms with Gasteiger partial charge >= 0.3 is 0 Å². The lowest BCUT2D eigenvalue weighted by Crippen LogP contribution is -2.43. The molecule has 0 bridgehead atoms. The highest BCUT2D eigenvalue weighted by Gasteiger charge is 2.26. The molecule has 0 radical (unpaired) electrons. The van der Waals surface area contributed by atoms with E-state index in [1.54, 1.807) is 18.2 Å². The summed E-state index contributed by atoms with van der Waals surface area (Å²) in [5, 5.41) is 15.1. The lowest BCUT2D eigenvalue weighted by Gasteiger charge is -2.32. The molecule has 0 saturated carbocycles. The lowest BCUT2D eigenvalue weighted by molar-refractivity contribution is -0.125. The number of thioether (sulfide) groups is 1. The number of carbonyl (C=O) groups excluding carboxylic acids is 2. The normalized spacial score (nSPS) is 17.2. The molecule has 1 fully saturated rings. The van der Waals surface area contributed by atoms with Crippen molar-refractivity contribution in [1.29, 1.82) is 0 Å². The largest absolute Gasteiger partial charge is 0.454 e. The second kappa shape index (κ2) is 10.5. The molecular formula is C22H27N5O4S. The molecule has 0 aliphatic carbocycles. The average molecular weight is 458 g/mol. The van der Waals surface area contributed by atoms with Crippen LogP contribution in [0, 0.1) is 5.92 Å². The average Bonchev–Trinajstić information content (AvgIpc) is 3.29. The van der Waals surface area contributed by atoms with Gasteiger partial charge < -0.3 is 25.0 Å². The number of hydrogen-bond acceptors (Lipinski definition) is 8. The summed E-state index contributed by atoms with van der Waals surface area (Å²) in [6.07, 6.45) is 2.77. The van der Waals surface area contributed by atoms with E-state index in [-0.39, 0.29) is 30.3 Å². The Balaban J connectivity index is 1.26. The van der Waals surface area contributed by atoms with Crippen molar-refractivity contribution in [2.75, 3.05) is 42.4 Å². The molecule has 2 amide bonds. The van der Waals surface area contributed by atoms with Gasteiger partial charge in [0, 0.05) is 31.4 Å². The predicted octanol–water partition coefficient (Wildman–Crippen LogP) is 2.68. The van der Waals surface area contributed by atoms with Gasteiger partial charge in [-0.2, -0.15) is 0 Å². The van der Waals surface area contributed by atoms with Gasteiger partial charge in [0.1, 0.15) is 5.03 Å². The number of amides is 2. The van der Waals surface area contributed by atoms with Crippen LogP contribution in [0.2, 0.25) is 0 Å². The van der Waals surface area contributed by atoms with E-state index >= 15 is 0 Å². The van der Waals surface area contributed by atoms with E-state index < -0.39 is 0 Å². The maximum absolute atomic E-state index is 12.3. The fourth-order valence-corrected chi connectivity index (χ4v) is 4.28. The van der Waals surface area contributed by atoms with Crippen LogP contribution in [0.25, 0.3) is 0 Å². The third-order valence-electron chi connectivity index (χ3n) is 5.30. The molecule has 2 N–H and O–H groups in total. The standard InChI is InChI=1S/C22H27N5O4S/c1-2-9-23-22(29)15-4-3-10-27(12-15)19-7-8-21(26-25-19)32-13-20(28)24-16-5-6-17-18(11-16)31-14-30-17/h5-8,11,15H,2-4,9-10,12-14H2,1H3,(H,23,29)(H,24,28)/t15-/m0/s1. The highest BCUT2D eigenvalue weighted by molar-refractivity contribution is 7.99. The number of fused-ring (bicyclic) bond motifs is 1. The first-order valence-electron chi connectivity index (χ1n) is 10.8. The fourth-order valence-electron chi connectivity index (χ4n) is 3.66. The minimum Gasteiger partial charge on any atom is -0.454 e. The van der Waals surface area contributed by atoms with Crippen molar-refractivity contribution in [3.63, 3.8) is 0 Å². The summed E-state index contributed by atoms with van der Waals surface area (Å²) in [7, 11) is 0. The van der Waals surface area contributed by atoms with Gasteiger partial charge in [-0.15, -0.1) is 10.2 Å². The molecule has 1 aromatic heterocycles. The van der Waals surface area contributed by atoms with E-state index in [0.29, 0.717) is 35.3 Å². The predicted molar refractivity (Wildman–Crippen MR) is 122 cm³/mol. The molecule has 4 rings (SSSR count). The SMILES string of the molecule is CCCNC(=O)[C@H]1CCCN(c2ccc(SCC(=O)Nc3ccc4c(c3)OCO4)nn2)C1.